The number of carbonyl (C=O) groups excluding carboxylic acids is 2. The Balaban J connectivity index is 2.08. The third kappa shape index (κ3) is 6.13. The molecular formula is C18H14F6N2O3. The SMILES string of the molecule is CNC(=O)c1ccc(NC(=O)COc2cc(C(F)(F)F)cc(C(F)(F)F)c2)cc1. The Kier molecular flexibility index (Phi) is 6.40. The van der Waals surface area contributed by atoms with Crippen LogP contribution >= 0.6 is 0 Å². The fourth-order valence-electron chi connectivity index (χ4n) is 2.20. The molecule has 0 aromatic heterocycles. The highest BCUT2D eigenvalue weighted by Gasteiger charge is 2.37. The minimum atomic E-state index is -5.02. The number of amides is 2. The van der Waals surface area contributed by atoms with Crippen molar-refractivity contribution in [3.63, 3.8) is 0 Å². The van der Waals surface area contributed by atoms with E-state index < -0.39 is 41.7 Å². The molecule has 156 valence electrons. The second-order valence-electron chi connectivity index (χ2n) is 5.73. The van der Waals surface area contributed by atoms with Crippen LogP contribution in [0.2, 0.25) is 0 Å². The first-order chi connectivity index (χ1) is 13.4. The van der Waals surface area contributed by atoms with Crippen LogP contribution in [-0.4, -0.2) is 25.5 Å². The van der Waals surface area contributed by atoms with Crippen molar-refractivity contribution in [1.82, 2.24) is 5.32 Å². The van der Waals surface area contributed by atoms with Gasteiger partial charge >= 0.3 is 12.4 Å². The molecule has 2 amide bonds. The predicted octanol–water partition coefficient (Wildman–Crippen LogP) is 4.10. The van der Waals surface area contributed by atoms with Crippen molar-refractivity contribution in [3.05, 3.63) is 59.2 Å². The quantitative estimate of drug-likeness (QED) is 0.716. The Bertz CT molecular complexity index is 860. The number of alkyl halides is 6. The first-order valence-electron chi connectivity index (χ1n) is 7.94. The van der Waals surface area contributed by atoms with E-state index in [0.29, 0.717) is 17.7 Å². The average Bonchev–Trinajstić information content (AvgIpc) is 2.64. The van der Waals surface area contributed by atoms with Gasteiger partial charge in [-0.25, -0.2) is 0 Å². The molecule has 0 radical (unpaired) electrons. The topological polar surface area (TPSA) is 67.4 Å². The lowest BCUT2D eigenvalue weighted by Crippen LogP contribution is -2.21. The second kappa shape index (κ2) is 8.41. The van der Waals surface area contributed by atoms with Crippen LogP contribution in [0.1, 0.15) is 21.5 Å². The summed E-state index contributed by atoms with van der Waals surface area (Å²) in [6.45, 7) is -0.824. The lowest BCUT2D eigenvalue weighted by Gasteiger charge is -2.14. The Morgan fingerprint density at radius 1 is 0.897 bits per heavy atom. The van der Waals surface area contributed by atoms with Crippen molar-refractivity contribution in [2.45, 2.75) is 12.4 Å². The zero-order valence-electron chi connectivity index (χ0n) is 14.7. The van der Waals surface area contributed by atoms with E-state index >= 15 is 0 Å². The van der Waals surface area contributed by atoms with Gasteiger partial charge < -0.3 is 15.4 Å². The van der Waals surface area contributed by atoms with Gasteiger partial charge in [-0.15, -0.1) is 0 Å². The molecule has 0 aliphatic carbocycles. The van der Waals surface area contributed by atoms with Gasteiger partial charge in [0.25, 0.3) is 11.8 Å². The fraction of sp³-hybridized carbons (Fsp3) is 0.222. The Morgan fingerprint density at radius 3 is 1.86 bits per heavy atom. The number of carbonyl (C=O) groups is 2. The molecule has 0 unspecified atom stereocenters. The van der Waals surface area contributed by atoms with Crippen molar-refractivity contribution in [2.75, 3.05) is 19.0 Å². The number of halogens is 6. The molecule has 2 N–H and O–H groups in total. The molecule has 0 aliphatic rings. The van der Waals surface area contributed by atoms with Crippen LogP contribution in [0.4, 0.5) is 32.0 Å². The first-order valence-corrected chi connectivity index (χ1v) is 7.94. The minimum absolute atomic E-state index is 0.0407. The van der Waals surface area contributed by atoms with Gasteiger partial charge in [0.15, 0.2) is 6.61 Å². The number of hydrogen-bond acceptors (Lipinski definition) is 3. The number of hydrogen-bond donors (Lipinski definition) is 2. The number of ether oxygens (including phenoxy) is 1. The molecular weight excluding hydrogens is 406 g/mol. The maximum absolute atomic E-state index is 12.8. The lowest BCUT2D eigenvalue weighted by molar-refractivity contribution is -0.143. The van der Waals surface area contributed by atoms with E-state index in [1.54, 1.807) is 0 Å². The standard InChI is InChI=1S/C18H14F6N2O3/c1-25-16(28)10-2-4-13(5-3-10)26-15(27)9-29-14-7-11(17(19,20)21)6-12(8-14)18(22,23)24/h2-8H,9H2,1H3,(H,25,28)(H,26,27). The van der Waals surface area contributed by atoms with Crippen molar-refractivity contribution >= 4 is 17.5 Å². The summed E-state index contributed by atoms with van der Waals surface area (Å²) in [5.41, 5.74) is -2.52. The maximum atomic E-state index is 12.8. The van der Waals surface area contributed by atoms with Gasteiger partial charge in [0.1, 0.15) is 5.75 Å². The van der Waals surface area contributed by atoms with E-state index in [1.165, 1.54) is 31.3 Å². The predicted molar refractivity (Wildman–Crippen MR) is 90.4 cm³/mol. The average molecular weight is 420 g/mol. The summed E-state index contributed by atoms with van der Waals surface area (Å²) < 4.78 is 81.7. The molecule has 5 nitrogen and oxygen atoms in total. The van der Waals surface area contributed by atoms with Crippen LogP contribution in [0.5, 0.6) is 5.75 Å². The van der Waals surface area contributed by atoms with E-state index in [0.717, 1.165) is 0 Å². The highest BCUT2D eigenvalue weighted by molar-refractivity contribution is 5.95. The lowest BCUT2D eigenvalue weighted by atomic mass is 10.1. The third-order valence-electron chi connectivity index (χ3n) is 3.59. The molecule has 0 aliphatic heterocycles. The van der Waals surface area contributed by atoms with Gasteiger partial charge in [-0.05, 0) is 42.5 Å². The van der Waals surface area contributed by atoms with Crippen LogP contribution in [-0.2, 0) is 17.1 Å². The molecule has 0 bridgehead atoms. The van der Waals surface area contributed by atoms with Crippen molar-refractivity contribution in [3.8, 4) is 5.75 Å². The largest absolute Gasteiger partial charge is 0.484 e. The highest BCUT2D eigenvalue weighted by atomic mass is 19.4. The highest BCUT2D eigenvalue weighted by Crippen LogP contribution is 2.38. The summed E-state index contributed by atoms with van der Waals surface area (Å²) in [7, 11) is 1.44. The summed E-state index contributed by atoms with van der Waals surface area (Å²) in [6, 6.07) is 6.33. The van der Waals surface area contributed by atoms with E-state index in [-0.39, 0.29) is 17.7 Å². The Morgan fingerprint density at radius 2 is 1.41 bits per heavy atom. The van der Waals surface area contributed by atoms with Crippen LogP contribution < -0.4 is 15.4 Å². The monoisotopic (exact) mass is 420 g/mol. The van der Waals surface area contributed by atoms with Gasteiger partial charge in [0.2, 0.25) is 0 Å². The molecule has 0 heterocycles. The summed E-state index contributed by atoms with van der Waals surface area (Å²) in [6.07, 6.45) is -10.0. The van der Waals surface area contributed by atoms with Crippen molar-refractivity contribution in [2.24, 2.45) is 0 Å². The minimum Gasteiger partial charge on any atom is -0.484 e. The van der Waals surface area contributed by atoms with E-state index in [1.807, 2.05) is 0 Å². The summed E-state index contributed by atoms with van der Waals surface area (Å²) in [5.74, 6) is -1.92. The molecule has 29 heavy (non-hydrogen) atoms. The molecule has 2 aromatic rings. The van der Waals surface area contributed by atoms with Gasteiger partial charge in [-0.3, -0.25) is 9.59 Å². The van der Waals surface area contributed by atoms with Crippen LogP contribution in [0.3, 0.4) is 0 Å². The van der Waals surface area contributed by atoms with Crippen LogP contribution in [0.25, 0.3) is 0 Å². The molecule has 2 rings (SSSR count). The summed E-state index contributed by atoms with van der Waals surface area (Å²) >= 11 is 0. The van der Waals surface area contributed by atoms with E-state index in [9.17, 15) is 35.9 Å². The van der Waals surface area contributed by atoms with Crippen molar-refractivity contribution < 1.29 is 40.7 Å². The van der Waals surface area contributed by atoms with E-state index in [4.69, 9.17) is 4.74 Å². The maximum Gasteiger partial charge on any atom is 0.416 e. The van der Waals surface area contributed by atoms with E-state index in [2.05, 4.69) is 10.6 Å². The summed E-state index contributed by atoms with van der Waals surface area (Å²) in [4.78, 5) is 23.3. The number of benzene rings is 2. The third-order valence-corrected chi connectivity index (χ3v) is 3.59. The molecule has 0 saturated carbocycles. The van der Waals surface area contributed by atoms with Crippen molar-refractivity contribution in [1.29, 1.82) is 0 Å². The Hall–Kier alpha value is -3.24. The zero-order valence-corrected chi connectivity index (χ0v) is 14.7. The molecule has 2 aromatic carbocycles. The van der Waals surface area contributed by atoms with Crippen LogP contribution in [0.15, 0.2) is 42.5 Å². The smallest absolute Gasteiger partial charge is 0.416 e. The summed E-state index contributed by atoms with van der Waals surface area (Å²) in [5, 5.41) is 4.75. The normalized spacial score (nSPS) is 11.7. The molecule has 0 spiro atoms. The van der Waals surface area contributed by atoms with Gasteiger partial charge in [-0.2, -0.15) is 26.3 Å². The fourth-order valence-corrected chi connectivity index (χ4v) is 2.20. The molecule has 0 fully saturated rings. The Labute approximate surface area is 160 Å². The zero-order chi connectivity index (χ0) is 21.8. The number of rotatable bonds is 5. The van der Waals surface area contributed by atoms with Gasteiger partial charge in [0.05, 0.1) is 11.1 Å². The molecule has 0 atom stereocenters. The van der Waals surface area contributed by atoms with Gasteiger partial charge in [0, 0.05) is 18.3 Å². The van der Waals surface area contributed by atoms with Crippen LogP contribution in [0, 0.1) is 0 Å². The molecule has 11 heteroatoms. The second-order valence-corrected chi connectivity index (χ2v) is 5.73. The first kappa shape index (κ1) is 22.1. The van der Waals surface area contributed by atoms with Gasteiger partial charge in [-0.1, -0.05) is 0 Å². The molecule has 0 saturated heterocycles. The number of nitrogens with one attached hydrogen (secondary N) is 2. The number of anilines is 1.